The number of carbonyl (C=O) groups excluding carboxylic acids is 1. The number of hydrogen-bond acceptors (Lipinski definition) is 8. The third kappa shape index (κ3) is 6.76. The Labute approximate surface area is 278 Å². The lowest BCUT2D eigenvalue weighted by Crippen LogP contribution is -2.54. The molecule has 2 unspecified atom stereocenters. The molecule has 2 saturated heterocycles. The average molecular weight is 663 g/mol. The van der Waals surface area contributed by atoms with E-state index in [1.165, 1.54) is 28.4 Å². The molecule has 11 nitrogen and oxygen atoms in total. The van der Waals surface area contributed by atoms with Crippen molar-refractivity contribution in [2.75, 3.05) is 36.5 Å². The van der Waals surface area contributed by atoms with Crippen LogP contribution in [0, 0.1) is 17.2 Å². The van der Waals surface area contributed by atoms with Crippen LogP contribution in [0.3, 0.4) is 0 Å². The second-order valence-corrected chi connectivity index (χ2v) is 14.5. The number of imidazole rings is 1. The van der Waals surface area contributed by atoms with Gasteiger partial charge >= 0.3 is 6.09 Å². The smallest absolute Gasteiger partial charge is 0.407 e. The molecule has 2 atom stereocenters. The Morgan fingerprint density at radius 1 is 1.06 bits per heavy atom. The lowest BCUT2D eigenvalue weighted by Gasteiger charge is -2.44. The molecule has 2 amide bonds. The number of aryl methyl sites for hydroxylation is 1. The molecule has 1 aromatic carbocycles. The summed E-state index contributed by atoms with van der Waals surface area (Å²) in [4.78, 5) is 40.6. The van der Waals surface area contributed by atoms with Gasteiger partial charge in [-0.05, 0) is 73.9 Å². The van der Waals surface area contributed by atoms with Gasteiger partial charge in [-0.1, -0.05) is 27.7 Å². The third-order valence-electron chi connectivity index (χ3n) is 9.46. The minimum Gasteiger partial charge on any atom is -0.465 e. The second kappa shape index (κ2) is 13.1. The fourth-order valence-electron chi connectivity index (χ4n) is 6.79. The molecule has 5 heterocycles. The number of benzene rings is 1. The lowest BCUT2D eigenvalue weighted by molar-refractivity contribution is -0.128. The van der Waals surface area contributed by atoms with Gasteiger partial charge in [0.1, 0.15) is 11.6 Å². The number of fused-ring (bicyclic) bond motifs is 1. The number of hydrogen-bond donors (Lipinski definition) is 2. The van der Waals surface area contributed by atoms with E-state index < -0.39 is 6.09 Å². The van der Waals surface area contributed by atoms with E-state index in [1.807, 2.05) is 54.7 Å². The van der Waals surface area contributed by atoms with Crippen molar-refractivity contribution >= 4 is 45.8 Å². The first kappa shape index (κ1) is 32.7. The highest BCUT2D eigenvalue weighted by atomic mass is 32.1. The Morgan fingerprint density at radius 2 is 1.79 bits per heavy atom. The Hall–Kier alpha value is -4.26. The fraction of sp³-hybridized carbons (Fsp3) is 0.500. The van der Waals surface area contributed by atoms with Gasteiger partial charge in [0.15, 0.2) is 16.6 Å². The SMILES string of the molecule is CCc1nc2ccc(N3CCC(NC(=O)C4CCN(C(=O)O)C(C(C)(C)C)C4)CC3)nn2c1N(C)c1nc(-c2ccc(F)cc2)cs1. The first-order chi connectivity index (χ1) is 22.4. The molecular weight excluding hydrogens is 619 g/mol. The van der Waals surface area contributed by atoms with Crippen LogP contribution >= 0.6 is 11.3 Å². The van der Waals surface area contributed by atoms with E-state index in [1.54, 1.807) is 12.1 Å². The lowest BCUT2D eigenvalue weighted by atomic mass is 9.76. The molecule has 0 aliphatic carbocycles. The van der Waals surface area contributed by atoms with Gasteiger partial charge in [0.25, 0.3) is 0 Å². The van der Waals surface area contributed by atoms with Crippen molar-refractivity contribution in [2.24, 2.45) is 11.3 Å². The van der Waals surface area contributed by atoms with Crippen molar-refractivity contribution in [2.45, 2.75) is 71.9 Å². The van der Waals surface area contributed by atoms with Crippen LogP contribution in [-0.4, -0.2) is 80.4 Å². The summed E-state index contributed by atoms with van der Waals surface area (Å²) in [5.41, 5.74) is 3.07. The summed E-state index contributed by atoms with van der Waals surface area (Å²) in [5.74, 6) is 1.27. The molecule has 2 N–H and O–H groups in total. The summed E-state index contributed by atoms with van der Waals surface area (Å²) >= 11 is 1.51. The van der Waals surface area contributed by atoms with Crippen molar-refractivity contribution in [3.8, 4) is 11.3 Å². The minimum atomic E-state index is -0.914. The Bertz CT molecular complexity index is 1740. The summed E-state index contributed by atoms with van der Waals surface area (Å²) < 4.78 is 15.3. The molecule has 6 rings (SSSR count). The van der Waals surface area contributed by atoms with Crippen LogP contribution in [0.25, 0.3) is 16.9 Å². The molecule has 13 heteroatoms. The maximum atomic E-state index is 13.5. The number of rotatable bonds is 7. The van der Waals surface area contributed by atoms with Crippen molar-refractivity contribution < 1.29 is 19.1 Å². The van der Waals surface area contributed by atoms with E-state index in [9.17, 15) is 19.1 Å². The van der Waals surface area contributed by atoms with E-state index in [0.717, 1.165) is 71.7 Å². The zero-order valence-corrected chi connectivity index (χ0v) is 28.4. The average Bonchev–Trinajstić information content (AvgIpc) is 3.69. The highest BCUT2D eigenvalue weighted by Crippen LogP contribution is 2.36. The van der Waals surface area contributed by atoms with Gasteiger partial charge in [-0.15, -0.1) is 16.4 Å². The summed E-state index contributed by atoms with van der Waals surface area (Å²) in [7, 11) is 1.97. The Balaban J connectivity index is 1.13. The standard InChI is InChI=1S/C34H43FN8O3S/c1-6-25-31(40(5)32-38-26(20-47-32)21-7-9-23(35)10-8-21)43-28(37-25)11-12-29(39-43)41-16-14-24(15-17-41)36-30(44)22-13-18-42(33(45)46)27(19-22)34(2,3)4/h7-12,20,22,24,27H,6,13-19H2,1-5H3,(H,36,44)(H,45,46). The maximum Gasteiger partial charge on any atom is 0.407 e. The predicted octanol–water partition coefficient (Wildman–Crippen LogP) is 6.21. The number of anilines is 3. The van der Waals surface area contributed by atoms with Crippen molar-refractivity contribution in [1.82, 2.24) is 29.8 Å². The van der Waals surface area contributed by atoms with Crippen LogP contribution in [0.15, 0.2) is 41.8 Å². The van der Waals surface area contributed by atoms with Crippen LogP contribution in [0.1, 0.15) is 59.1 Å². The van der Waals surface area contributed by atoms with E-state index in [-0.39, 0.29) is 35.1 Å². The molecule has 2 fully saturated rings. The van der Waals surface area contributed by atoms with Crippen LogP contribution in [0.2, 0.25) is 0 Å². The minimum absolute atomic E-state index is 0.0326. The van der Waals surface area contributed by atoms with E-state index in [2.05, 4.69) is 17.1 Å². The predicted molar refractivity (Wildman–Crippen MR) is 182 cm³/mol. The number of carbonyl (C=O) groups is 2. The highest BCUT2D eigenvalue weighted by Gasteiger charge is 2.41. The fourth-order valence-corrected chi connectivity index (χ4v) is 7.59. The summed E-state index contributed by atoms with van der Waals surface area (Å²) in [5, 5.41) is 20.8. The molecule has 0 bridgehead atoms. The second-order valence-electron chi connectivity index (χ2n) is 13.6. The molecule has 2 aliphatic heterocycles. The molecule has 0 radical (unpaired) electrons. The number of amides is 2. The number of piperidine rings is 2. The Kier molecular flexibility index (Phi) is 9.10. The topological polar surface area (TPSA) is 119 Å². The zero-order valence-electron chi connectivity index (χ0n) is 27.6. The number of likely N-dealkylation sites (tertiary alicyclic amines) is 1. The number of thiazole rings is 1. The largest absolute Gasteiger partial charge is 0.465 e. The highest BCUT2D eigenvalue weighted by molar-refractivity contribution is 7.14. The maximum absolute atomic E-state index is 13.5. The molecule has 3 aromatic heterocycles. The van der Waals surface area contributed by atoms with Crippen molar-refractivity contribution in [3.63, 3.8) is 0 Å². The quantitative estimate of drug-likeness (QED) is 0.240. The van der Waals surface area contributed by atoms with Gasteiger partial charge in [0.2, 0.25) is 5.91 Å². The van der Waals surface area contributed by atoms with E-state index in [0.29, 0.717) is 19.4 Å². The molecule has 47 heavy (non-hydrogen) atoms. The summed E-state index contributed by atoms with van der Waals surface area (Å²) in [6.07, 6.45) is 2.49. The monoisotopic (exact) mass is 662 g/mol. The zero-order chi connectivity index (χ0) is 33.5. The Morgan fingerprint density at radius 3 is 2.45 bits per heavy atom. The number of halogens is 1. The number of aromatic nitrogens is 4. The summed E-state index contributed by atoms with van der Waals surface area (Å²) in [6.45, 7) is 10.1. The molecule has 250 valence electrons. The van der Waals surface area contributed by atoms with Crippen molar-refractivity contribution in [1.29, 1.82) is 0 Å². The third-order valence-corrected chi connectivity index (χ3v) is 10.4. The van der Waals surface area contributed by atoms with E-state index in [4.69, 9.17) is 15.1 Å². The molecule has 0 saturated carbocycles. The molecule has 4 aromatic rings. The van der Waals surface area contributed by atoms with Crippen LogP contribution < -0.4 is 15.1 Å². The van der Waals surface area contributed by atoms with Gasteiger partial charge in [0.05, 0.1) is 11.4 Å². The number of carboxylic acid groups (broad SMARTS) is 1. The van der Waals surface area contributed by atoms with Gasteiger partial charge in [0, 0.05) is 55.6 Å². The van der Waals surface area contributed by atoms with Gasteiger partial charge in [-0.2, -0.15) is 4.52 Å². The van der Waals surface area contributed by atoms with Crippen LogP contribution in [0.4, 0.5) is 26.0 Å². The van der Waals surface area contributed by atoms with Crippen LogP contribution in [0.5, 0.6) is 0 Å². The van der Waals surface area contributed by atoms with E-state index >= 15 is 0 Å². The first-order valence-corrected chi connectivity index (χ1v) is 17.2. The molecule has 2 aliphatic rings. The van der Waals surface area contributed by atoms with Gasteiger partial charge in [-0.3, -0.25) is 4.79 Å². The number of nitrogens with zero attached hydrogens (tertiary/aromatic N) is 7. The molecular formula is C34H43FN8O3S. The first-order valence-electron chi connectivity index (χ1n) is 16.3. The van der Waals surface area contributed by atoms with Gasteiger partial charge in [-0.25, -0.2) is 19.2 Å². The normalized spacial score (nSPS) is 19.3. The number of nitrogens with one attached hydrogen (secondary N) is 1. The molecule has 0 spiro atoms. The van der Waals surface area contributed by atoms with Gasteiger partial charge < -0.3 is 25.1 Å². The van der Waals surface area contributed by atoms with Crippen molar-refractivity contribution in [3.05, 3.63) is 53.3 Å². The summed E-state index contributed by atoms with van der Waals surface area (Å²) in [6, 6.07) is 10.2. The van der Waals surface area contributed by atoms with Crippen LogP contribution in [-0.2, 0) is 11.2 Å².